The van der Waals surface area contributed by atoms with Crippen molar-refractivity contribution < 1.29 is 14.6 Å². The molecule has 0 unspecified atom stereocenters. The molecule has 0 spiro atoms. The summed E-state index contributed by atoms with van der Waals surface area (Å²) in [4.78, 5) is 19.2. The van der Waals surface area contributed by atoms with Crippen molar-refractivity contribution >= 4 is 5.97 Å². The Kier molecular flexibility index (Phi) is 5.60. The van der Waals surface area contributed by atoms with Gasteiger partial charge in [-0.05, 0) is 47.4 Å². The molecule has 0 radical (unpaired) electrons. The number of rotatable bonds is 5. The summed E-state index contributed by atoms with van der Waals surface area (Å²) in [5.41, 5.74) is 3.13. The molecule has 0 amide bonds. The SMILES string of the molecule is CC(C)(C)c1ccc(COc2ccc(-c3nccc(C(=O)O)n3)cc2)c(C#N)c1. The van der Waals surface area contributed by atoms with E-state index in [0.29, 0.717) is 22.7 Å². The van der Waals surface area contributed by atoms with Crippen molar-refractivity contribution in [3.05, 3.63) is 77.1 Å². The fourth-order valence-electron chi connectivity index (χ4n) is 2.75. The Morgan fingerprint density at radius 3 is 2.48 bits per heavy atom. The van der Waals surface area contributed by atoms with Gasteiger partial charge in [-0.25, -0.2) is 14.8 Å². The van der Waals surface area contributed by atoms with Crippen molar-refractivity contribution in [3.8, 4) is 23.2 Å². The van der Waals surface area contributed by atoms with Crippen LogP contribution in [0.1, 0.15) is 48.0 Å². The Balaban J connectivity index is 1.73. The fourth-order valence-corrected chi connectivity index (χ4v) is 2.75. The number of carboxylic acids is 1. The summed E-state index contributed by atoms with van der Waals surface area (Å²) >= 11 is 0. The van der Waals surface area contributed by atoms with Gasteiger partial charge in [0.05, 0.1) is 11.6 Å². The maximum Gasteiger partial charge on any atom is 0.354 e. The predicted molar refractivity (Wildman–Crippen MR) is 109 cm³/mol. The molecule has 6 nitrogen and oxygen atoms in total. The average Bonchev–Trinajstić information content (AvgIpc) is 2.72. The van der Waals surface area contributed by atoms with Crippen LogP contribution >= 0.6 is 0 Å². The quantitative estimate of drug-likeness (QED) is 0.688. The van der Waals surface area contributed by atoms with Gasteiger partial charge in [0, 0.05) is 17.3 Å². The van der Waals surface area contributed by atoms with Crippen LogP contribution in [-0.4, -0.2) is 21.0 Å². The molecular formula is C23H21N3O3. The van der Waals surface area contributed by atoms with E-state index < -0.39 is 5.97 Å². The molecular weight excluding hydrogens is 366 g/mol. The second-order valence-electron chi connectivity index (χ2n) is 7.62. The highest BCUT2D eigenvalue weighted by Crippen LogP contribution is 2.25. The third-order valence-electron chi connectivity index (χ3n) is 4.48. The van der Waals surface area contributed by atoms with Crippen LogP contribution in [0.3, 0.4) is 0 Å². The highest BCUT2D eigenvalue weighted by atomic mass is 16.5. The highest BCUT2D eigenvalue weighted by Gasteiger charge is 2.16. The van der Waals surface area contributed by atoms with Crippen molar-refractivity contribution in [2.24, 2.45) is 0 Å². The number of hydrogen-bond donors (Lipinski definition) is 1. The molecule has 0 saturated heterocycles. The molecule has 1 heterocycles. The summed E-state index contributed by atoms with van der Waals surface area (Å²) < 4.78 is 5.83. The molecule has 3 aromatic rings. The van der Waals surface area contributed by atoms with Crippen LogP contribution in [0, 0.1) is 11.3 Å². The van der Waals surface area contributed by atoms with E-state index in [0.717, 1.165) is 11.1 Å². The first-order valence-electron chi connectivity index (χ1n) is 9.11. The highest BCUT2D eigenvalue weighted by molar-refractivity contribution is 5.85. The largest absolute Gasteiger partial charge is 0.489 e. The van der Waals surface area contributed by atoms with E-state index >= 15 is 0 Å². The van der Waals surface area contributed by atoms with Gasteiger partial charge >= 0.3 is 5.97 Å². The Bertz CT molecular complexity index is 1080. The molecule has 146 valence electrons. The predicted octanol–water partition coefficient (Wildman–Crippen LogP) is 4.59. The summed E-state index contributed by atoms with van der Waals surface area (Å²) in [7, 11) is 0. The summed E-state index contributed by atoms with van der Waals surface area (Å²) in [6, 6.07) is 16.5. The first-order valence-corrected chi connectivity index (χ1v) is 9.11. The Morgan fingerprint density at radius 2 is 1.86 bits per heavy atom. The molecule has 0 fully saturated rings. The number of benzene rings is 2. The van der Waals surface area contributed by atoms with E-state index in [-0.39, 0.29) is 17.7 Å². The van der Waals surface area contributed by atoms with Gasteiger partial charge in [0.15, 0.2) is 11.5 Å². The number of nitriles is 1. The van der Waals surface area contributed by atoms with Crippen molar-refractivity contribution in [3.63, 3.8) is 0 Å². The number of hydrogen-bond acceptors (Lipinski definition) is 5. The molecule has 0 aliphatic carbocycles. The number of aromatic nitrogens is 2. The smallest absolute Gasteiger partial charge is 0.354 e. The van der Waals surface area contributed by atoms with Crippen LogP contribution in [0.4, 0.5) is 0 Å². The van der Waals surface area contributed by atoms with Gasteiger partial charge in [-0.3, -0.25) is 0 Å². The van der Waals surface area contributed by atoms with Crippen molar-refractivity contribution in [1.82, 2.24) is 9.97 Å². The second kappa shape index (κ2) is 8.11. The van der Waals surface area contributed by atoms with Gasteiger partial charge < -0.3 is 9.84 Å². The third-order valence-corrected chi connectivity index (χ3v) is 4.48. The number of nitrogens with zero attached hydrogens (tertiary/aromatic N) is 3. The monoisotopic (exact) mass is 387 g/mol. The molecule has 3 rings (SSSR count). The minimum absolute atomic E-state index is 0.0270. The van der Waals surface area contributed by atoms with Crippen molar-refractivity contribution in [1.29, 1.82) is 5.26 Å². The van der Waals surface area contributed by atoms with E-state index in [1.54, 1.807) is 24.3 Å². The van der Waals surface area contributed by atoms with Crippen LogP contribution in [0.15, 0.2) is 54.7 Å². The van der Waals surface area contributed by atoms with Crippen molar-refractivity contribution in [2.75, 3.05) is 0 Å². The van der Waals surface area contributed by atoms with Gasteiger partial charge in [-0.1, -0.05) is 32.9 Å². The van der Waals surface area contributed by atoms with E-state index in [4.69, 9.17) is 9.84 Å². The standard InChI is InChI=1S/C23H21N3O3/c1-23(2,3)18-7-4-16(17(12-18)13-24)14-29-19-8-5-15(6-9-19)21-25-11-10-20(26-21)22(27)28/h4-12H,14H2,1-3H3,(H,27,28). The van der Waals surface area contributed by atoms with E-state index in [1.165, 1.54) is 12.3 Å². The zero-order valence-electron chi connectivity index (χ0n) is 16.5. The number of ether oxygens (including phenoxy) is 1. The number of carboxylic acid groups (broad SMARTS) is 1. The minimum Gasteiger partial charge on any atom is -0.489 e. The van der Waals surface area contributed by atoms with Gasteiger partial charge in [-0.15, -0.1) is 0 Å². The van der Waals surface area contributed by atoms with Gasteiger partial charge in [0.2, 0.25) is 0 Å². The molecule has 0 atom stereocenters. The van der Waals surface area contributed by atoms with Gasteiger partial charge in [0.1, 0.15) is 12.4 Å². The van der Waals surface area contributed by atoms with Crippen LogP contribution in [0.25, 0.3) is 11.4 Å². The summed E-state index contributed by atoms with van der Waals surface area (Å²) in [5, 5.41) is 18.5. The Labute approximate surface area is 169 Å². The van der Waals surface area contributed by atoms with Crippen LogP contribution in [0.5, 0.6) is 5.75 Å². The lowest BCUT2D eigenvalue weighted by molar-refractivity contribution is 0.0690. The molecule has 2 aromatic carbocycles. The number of aromatic carboxylic acids is 1. The van der Waals surface area contributed by atoms with Gasteiger partial charge in [-0.2, -0.15) is 5.26 Å². The molecule has 0 aliphatic heterocycles. The number of carbonyl (C=O) groups is 1. The molecule has 1 aromatic heterocycles. The zero-order chi connectivity index (χ0) is 21.0. The Hall–Kier alpha value is -3.72. The first-order chi connectivity index (χ1) is 13.8. The topological polar surface area (TPSA) is 96.1 Å². The van der Waals surface area contributed by atoms with Crippen LogP contribution in [-0.2, 0) is 12.0 Å². The lowest BCUT2D eigenvalue weighted by Crippen LogP contribution is -2.12. The lowest BCUT2D eigenvalue weighted by atomic mass is 9.85. The molecule has 0 saturated carbocycles. The molecule has 6 heteroatoms. The normalized spacial score (nSPS) is 11.0. The summed E-state index contributed by atoms with van der Waals surface area (Å²) in [6.07, 6.45) is 1.42. The van der Waals surface area contributed by atoms with E-state index in [9.17, 15) is 10.1 Å². The summed E-state index contributed by atoms with van der Waals surface area (Å²) in [5.74, 6) is -0.132. The molecule has 29 heavy (non-hydrogen) atoms. The maximum atomic E-state index is 11.1. The third kappa shape index (κ3) is 4.77. The maximum absolute atomic E-state index is 11.1. The summed E-state index contributed by atoms with van der Waals surface area (Å²) in [6.45, 7) is 6.60. The fraction of sp³-hybridized carbons (Fsp3) is 0.217. The van der Waals surface area contributed by atoms with Gasteiger partial charge in [0.25, 0.3) is 0 Å². The molecule has 0 bridgehead atoms. The van der Waals surface area contributed by atoms with Crippen LogP contribution in [0.2, 0.25) is 0 Å². The molecule has 0 aliphatic rings. The average molecular weight is 387 g/mol. The molecule has 1 N–H and O–H groups in total. The minimum atomic E-state index is -1.10. The van der Waals surface area contributed by atoms with E-state index in [2.05, 4.69) is 36.8 Å². The second-order valence-corrected chi connectivity index (χ2v) is 7.62. The lowest BCUT2D eigenvalue weighted by Gasteiger charge is -2.20. The first kappa shape index (κ1) is 20.0. The Morgan fingerprint density at radius 1 is 1.14 bits per heavy atom. The van der Waals surface area contributed by atoms with Crippen LogP contribution < -0.4 is 4.74 Å². The van der Waals surface area contributed by atoms with E-state index in [1.807, 2.05) is 18.2 Å². The van der Waals surface area contributed by atoms with Crippen molar-refractivity contribution in [2.45, 2.75) is 32.8 Å². The zero-order valence-corrected chi connectivity index (χ0v) is 16.5.